The summed E-state index contributed by atoms with van der Waals surface area (Å²) in [6.07, 6.45) is 0. The summed E-state index contributed by atoms with van der Waals surface area (Å²) in [5.74, 6) is 1.90. The molecule has 2 N–H and O–H groups in total. The number of nitrogens with zero attached hydrogens (tertiary/aromatic N) is 2. The Kier molecular flexibility index (Phi) is 8.48. The van der Waals surface area contributed by atoms with E-state index in [9.17, 15) is 4.79 Å². The van der Waals surface area contributed by atoms with Crippen molar-refractivity contribution in [2.45, 2.75) is 26.4 Å². The Morgan fingerprint density at radius 1 is 1.16 bits per heavy atom. The lowest BCUT2D eigenvalue weighted by Gasteiger charge is -2.36. The highest BCUT2D eigenvalue weighted by Crippen LogP contribution is 2.25. The van der Waals surface area contributed by atoms with Gasteiger partial charge >= 0.3 is 0 Å². The van der Waals surface area contributed by atoms with Crippen molar-refractivity contribution in [2.75, 3.05) is 40.4 Å². The van der Waals surface area contributed by atoms with Gasteiger partial charge in [0.1, 0.15) is 11.5 Å². The molecule has 0 radical (unpaired) electrons. The van der Waals surface area contributed by atoms with Crippen LogP contribution in [0.25, 0.3) is 0 Å². The van der Waals surface area contributed by atoms with E-state index in [1.165, 1.54) is 0 Å². The number of hydrogen-bond donors (Lipinski definition) is 1. The predicted octanol–water partition coefficient (Wildman–Crippen LogP) is 1.75. The summed E-state index contributed by atoms with van der Waals surface area (Å²) in [5, 5.41) is 0. The van der Waals surface area contributed by atoms with Crippen LogP contribution in [0.3, 0.4) is 0 Å². The van der Waals surface area contributed by atoms with E-state index in [0.29, 0.717) is 13.1 Å². The lowest BCUT2D eigenvalue weighted by molar-refractivity contribution is -0.135. The van der Waals surface area contributed by atoms with Gasteiger partial charge in [0.05, 0.1) is 20.3 Å². The normalized spacial score (nSPS) is 16.3. The highest BCUT2D eigenvalue weighted by atomic mass is 35.5. The molecular weight excluding hydrogens is 342 g/mol. The van der Waals surface area contributed by atoms with Gasteiger partial charge in [-0.2, -0.15) is 0 Å². The minimum Gasteiger partial charge on any atom is -0.497 e. The molecular formula is C18H30ClN3O3. The largest absolute Gasteiger partial charge is 0.497 e. The summed E-state index contributed by atoms with van der Waals surface area (Å²) in [7, 11) is 3.34. The van der Waals surface area contributed by atoms with Gasteiger partial charge in [0, 0.05) is 38.3 Å². The van der Waals surface area contributed by atoms with E-state index in [4.69, 9.17) is 15.2 Å². The highest BCUT2D eigenvalue weighted by Gasteiger charge is 2.27. The first-order chi connectivity index (χ1) is 11.5. The predicted molar refractivity (Wildman–Crippen MR) is 101 cm³/mol. The number of carbonyl (C=O) groups excluding carboxylic acids is 1. The van der Waals surface area contributed by atoms with Crippen LogP contribution < -0.4 is 15.2 Å². The molecule has 0 saturated carbocycles. The maximum atomic E-state index is 12.3. The Labute approximate surface area is 156 Å². The SMILES string of the molecule is COc1ccc(OC)c(CN2CCN(C(=O)[C@@H](N)C(C)C)CC2)c1.Cl. The minimum atomic E-state index is -0.407. The first-order valence-corrected chi connectivity index (χ1v) is 8.44. The van der Waals surface area contributed by atoms with Crippen LogP contribution in [0.5, 0.6) is 11.5 Å². The molecule has 0 spiro atoms. The van der Waals surface area contributed by atoms with Crippen LogP contribution in [0.1, 0.15) is 19.4 Å². The molecule has 1 amide bonds. The lowest BCUT2D eigenvalue weighted by Crippen LogP contribution is -2.54. The van der Waals surface area contributed by atoms with Crippen molar-refractivity contribution in [2.24, 2.45) is 11.7 Å². The summed E-state index contributed by atoms with van der Waals surface area (Å²) >= 11 is 0. The molecule has 1 aliphatic rings. The van der Waals surface area contributed by atoms with Gasteiger partial charge in [-0.3, -0.25) is 9.69 Å². The molecule has 1 aromatic rings. The lowest BCUT2D eigenvalue weighted by atomic mass is 10.0. The maximum Gasteiger partial charge on any atom is 0.239 e. The Hall–Kier alpha value is -1.50. The first kappa shape index (κ1) is 21.5. The molecule has 0 aromatic heterocycles. The maximum absolute atomic E-state index is 12.3. The van der Waals surface area contributed by atoms with Gasteiger partial charge in [-0.1, -0.05) is 13.8 Å². The molecule has 142 valence electrons. The van der Waals surface area contributed by atoms with Gasteiger partial charge < -0.3 is 20.1 Å². The molecule has 1 aromatic carbocycles. The van der Waals surface area contributed by atoms with Crippen LogP contribution in [-0.4, -0.2) is 62.1 Å². The van der Waals surface area contributed by atoms with Crippen LogP contribution in [-0.2, 0) is 11.3 Å². The van der Waals surface area contributed by atoms with Crippen molar-refractivity contribution in [3.05, 3.63) is 23.8 Å². The fourth-order valence-electron chi connectivity index (χ4n) is 2.87. The smallest absolute Gasteiger partial charge is 0.239 e. The zero-order valence-electron chi connectivity index (χ0n) is 15.5. The van der Waals surface area contributed by atoms with Crippen molar-refractivity contribution < 1.29 is 14.3 Å². The number of benzene rings is 1. The summed E-state index contributed by atoms with van der Waals surface area (Å²) in [6, 6.07) is 5.42. The standard InChI is InChI=1S/C18H29N3O3.ClH/c1-13(2)17(19)18(22)21-9-7-20(8-10-21)12-14-11-15(23-3)5-6-16(14)24-4;/h5-6,11,13,17H,7-10,12,19H2,1-4H3;1H/t17-;/m0./s1. The second kappa shape index (κ2) is 9.85. The number of halogens is 1. The Morgan fingerprint density at radius 2 is 1.80 bits per heavy atom. The molecule has 1 saturated heterocycles. The number of carbonyl (C=O) groups is 1. The molecule has 25 heavy (non-hydrogen) atoms. The van der Waals surface area contributed by atoms with Gasteiger partial charge in [0.15, 0.2) is 0 Å². The van der Waals surface area contributed by atoms with Crippen LogP contribution in [0, 0.1) is 5.92 Å². The van der Waals surface area contributed by atoms with E-state index in [0.717, 1.165) is 36.7 Å². The number of amides is 1. The molecule has 7 heteroatoms. The molecule has 0 aliphatic carbocycles. The number of methoxy groups -OCH3 is 2. The fourth-order valence-corrected chi connectivity index (χ4v) is 2.87. The molecule has 1 fully saturated rings. The molecule has 1 heterocycles. The molecule has 1 atom stereocenters. The third-order valence-electron chi connectivity index (χ3n) is 4.57. The molecule has 6 nitrogen and oxygen atoms in total. The summed E-state index contributed by atoms with van der Waals surface area (Å²) in [6.45, 7) is 7.82. The average Bonchev–Trinajstić information content (AvgIpc) is 2.60. The van der Waals surface area contributed by atoms with E-state index in [1.54, 1.807) is 14.2 Å². The summed E-state index contributed by atoms with van der Waals surface area (Å²) in [4.78, 5) is 16.5. The number of hydrogen-bond acceptors (Lipinski definition) is 5. The summed E-state index contributed by atoms with van der Waals surface area (Å²) < 4.78 is 10.7. The Bertz CT molecular complexity index is 560. The van der Waals surface area contributed by atoms with E-state index < -0.39 is 6.04 Å². The number of piperazine rings is 1. The van der Waals surface area contributed by atoms with Crippen molar-refractivity contribution in [1.29, 1.82) is 0 Å². The third-order valence-corrected chi connectivity index (χ3v) is 4.57. The number of rotatable bonds is 6. The van der Waals surface area contributed by atoms with Crippen LogP contribution in [0.15, 0.2) is 18.2 Å². The van der Waals surface area contributed by atoms with Gasteiger partial charge in [0.25, 0.3) is 0 Å². The fraction of sp³-hybridized carbons (Fsp3) is 0.611. The van der Waals surface area contributed by atoms with E-state index in [-0.39, 0.29) is 24.2 Å². The van der Waals surface area contributed by atoms with Gasteiger partial charge in [-0.15, -0.1) is 12.4 Å². The van der Waals surface area contributed by atoms with Gasteiger partial charge in [-0.25, -0.2) is 0 Å². The number of ether oxygens (including phenoxy) is 2. The van der Waals surface area contributed by atoms with E-state index >= 15 is 0 Å². The van der Waals surface area contributed by atoms with Crippen LogP contribution in [0.2, 0.25) is 0 Å². The van der Waals surface area contributed by atoms with Crippen LogP contribution in [0.4, 0.5) is 0 Å². The monoisotopic (exact) mass is 371 g/mol. The molecule has 0 bridgehead atoms. The topological polar surface area (TPSA) is 68.0 Å². The zero-order valence-corrected chi connectivity index (χ0v) is 16.3. The van der Waals surface area contributed by atoms with E-state index in [1.807, 2.05) is 36.9 Å². The molecule has 0 unspecified atom stereocenters. The summed E-state index contributed by atoms with van der Waals surface area (Å²) in [5.41, 5.74) is 7.08. The average molecular weight is 372 g/mol. The Morgan fingerprint density at radius 3 is 2.32 bits per heavy atom. The van der Waals surface area contributed by atoms with Crippen molar-refractivity contribution in [1.82, 2.24) is 9.80 Å². The minimum absolute atomic E-state index is 0. The quantitative estimate of drug-likeness (QED) is 0.825. The first-order valence-electron chi connectivity index (χ1n) is 8.44. The second-order valence-electron chi connectivity index (χ2n) is 6.55. The Balaban J connectivity index is 0.00000312. The zero-order chi connectivity index (χ0) is 17.7. The molecule has 2 rings (SSSR count). The highest BCUT2D eigenvalue weighted by molar-refractivity contribution is 5.85. The van der Waals surface area contributed by atoms with Crippen molar-refractivity contribution in [3.8, 4) is 11.5 Å². The van der Waals surface area contributed by atoms with Crippen LogP contribution >= 0.6 is 12.4 Å². The van der Waals surface area contributed by atoms with Gasteiger partial charge in [0.2, 0.25) is 5.91 Å². The second-order valence-corrected chi connectivity index (χ2v) is 6.55. The van der Waals surface area contributed by atoms with Gasteiger partial charge in [-0.05, 0) is 24.1 Å². The third kappa shape index (κ3) is 5.49. The van der Waals surface area contributed by atoms with Crippen molar-refractivity contribution >= 4 is 18.3 Å². The van der Waals surface area contributed by atoms with Crippen molar-refractivity contribution in [3.63, 3.8) is 0 Å². The van der Waals surface area contributed by atoms with E-state index in [2.05, 4.69) is 4.90 Å². The molecule has 1 aliphatic heterocycles. The number of nitrogens with two attached hydrogens (primary N) is 1.